The third-order valence-corrected chi connectivity index (χ3v) is 3.40. The molecule has 0 aliphatic carbocycles. The molecule has 0 radical (unpaired) electrons. The molecular weight excluding hydrogens is 238 g/mol. The van der Waals surface area contributed by atoms with Crippen LogP contribution in [0, 0.1) is 5.41 Å². The molecule has 1 saturated heterocycles. The summed E-state index contributed by atoms with van der Waals surface area (Å²) in [4.78, 5) is 10.9. The van der Waals surface area contributed by atoms with E-state index in [9.17, 15) is 0 Å². The van der Waals surface area contributed by atoms with E-state index in [2.05, 4.69) is 53.3 Å². The molecule has 0 saturated carbocycles. The SMILES string of the molecule is CN(c1cc(NCC(C)(C)C)ncn1)C1CCNC1. The summed E-state index contributed by atoms with van der Waals surface area (Å²) in [6.45, 7) is 9.65. The summed E-state index contributed by atoms with van der Waals surface area (Å²) >= 11 is 0. The average molecular weight is 263 g/mol. The van der Waals surface area contributed by atoms with Crippen molar-refractivity contribution in [3.05, 3.63) is 12.4 Å². The third-order valence-electron chi connectivity index (χ3n) is 3.40. The number of likely N-dealkylation sites (N-methyl/N-ethyl adjacent to an activating group) is 1. The van der Waals surface area contributed by atoms with Crippen LogP contribution in [0.15, 0.2) is 12.4 Å². The van der Waals surface area contributed by atoms with Crippen LogP contribution in [0.1, 0.15) is 27.2 Å². The van der Waals surface area contributed by atoms with Gasteiger partial charge in [-0.15, -0.1) is 0 Å². The largest absolute Gasteiger partial charge is 0.369 e. The van der Waals surface area contributed by atoms with Crippen molar-refractivity contribution < 1.29 is 0 Å². The molecule has 1 atom stereocenters. The highest BCUT2D eigenvalue weighted by Gasteiger charge is 2.20. The van der Waals surface area contributed by atoms with Gasteiger partial charge < -0.3 is 15.5 Å². The third kappa shape index (κ3) is 4.06. The average Bonchev–Trinajstić information content (AvgIpc) is 2.89. The lowest BCUT2D eigenvalue weighted by atomic mass is 9.97. The zero-order chi connectivity index (χ0) is 13.9. The van der Waals surface area contributed by atoms with Gasteiger partial charge in [0.05, 0.1) is 0 Å². The van der Waals surface area contributed by atoms with Crippen molar-refractivity contribution in [3.63, 3.8) is 0 Å². The number of anilines is 2. The van der Waals surface area contributed by atoms with Gasteiger partial charge in [0.2, 0.25) is 0 Å². The first kappa shape index (κ1) is 14.1. The molecular formula is C14H25N5. The number of aromatic nitrogens is 2. The van der Waals surface area contributed by atoms with E-state index >= 15 is 0 Å². The maximum atomic E-state index is 4.38. The molecule has 0 spiro atoms. The van der Waals surface area contributed by atoms with Crippen molar-refractivity contribution in [3.8, 4) is 0 Å². The van der Waals surface area contributed by atoms with Crippen LogP contribution in [0.3, 0.4) is 0 Å². The second kappa shape index (κ2) is 5.74. The van der Waals surface area contributed by atoms with Crippen LogP contribution in [-0.2, 0) is 0 Å². The van der Waals surface area contributed by atoms with Crippen molar-refractivity contribution in [1.29, 1.82) is 0 Å². The standard InChI is InChI=1S/C14H25N5/c1-14(2,3)9-16-12-7-13(18-10-17-12)19(4)11-5-6-15-8-11/h7,10-11,15H,5-6,8-9H2,1-4H3,(H,16,17,18). The molecule has 2 rings (SSSR count). The molecule has 1 fully saturated rings. The van der Waals surface area contributed by atoms with Crippen LogP contribution in [0.4, 0.5) is 11.6 Å². The van der Waals surface area contributed by atoms with Gasteiger partial charge in [-0.05, 0) is 18.4 Å². The fourth-order valence-electron chi connectivity index (χ4n) is 2.15. The maximum absolute atomic E-state index is 4.38. The van der Waals surface area contributed by atoms with Crippen molar-refractivity contribution in [2.75, 3.05) is 36.9 Å². The molecule has 1 aliphatic heterocycles. The van der Waals surface area contributed by atoms with E-state index in [1.54, 1.807) is 6.33 Å². The highest BCUT2D eigenvalue weighted by Crippen LogP contribution is 2.19. The Hall–Kier alpha value is -1.36. The Morgan fingerprint density at radius 1 is 1.42 bits per heavy atom. The summed E-state index contributed by atoms with van der Waals surface area (Å²) in [6.07, 6.45) is 2.81. The van der Waals surface area contributed by atoms with E-state index in [-0.39, 0.29) is 5.41 Å². The van der Waals surface area contributed by atoms with E-state index in [1.807, 2.05) is 6.07 Å². The van der Waals surface area contributed by atoms with E-state index in [4.69, 9.17) is 0 Å². The van der Waals surface area contributed by atoms with Gasteiger partial charge in [-0.1, -0.05) is 20.8 Å². The number of hydrogen-bond donors (Lipinski definition) is 2. The Morgan fingerprint density at radius 2 is 2.21 bits per heavy atom. The normalized spacial score (nSPS) is 19.5. The molecule has 1 aromatic heterocycles. The summed E-state index contributed by atoms with van der Waals surface area (Å²) in [5, 5.41) is 6.76. The Labute approximate surface area is 115 Å². The summed E-state index contributed by atoms with van der Waals surface area (Å²) in [5.41, 5.74) is 0.242. The molecule has 19 heavy (non-hydrogen) atoms. The summed E-state index contributed by atoms with van der Waals surface area (Å²) < 4.78 is 0. The molecule has 0 aromatic carbocycles. The minimum atomic E-state index is 0.242. The van der Waals surface area contributed by atoms with Crippen LogP contribution in [-0.4, -0.2) is 42.7 Å². The Balaban J connectivity index is 2.01. The van der Waals surface area contributed by atoms with Crippen LogP contribution in [0.25, 0.3) is 0 Å². The van der Waals surface area contributed by atoms with E-state index in [0.29, 0.717) is 6.04 Å². The van der Waals surface area contributed by atoms with E-state index < -0.39 is 0 Å². The molecule has 0 amide bonds. The highest BCUT2D eigenvalue weighted by molar-refractivity contribution is 5.48. The van der Waals surface area contributed by atoms with Crippen molar-refractivity contribution >= 4 is 11.6 Å². The monoisotopic (exact) mass is 263 g/mol. The second-order valence-corrected chi connectivity index (χ2v) is 6.43. The Kier molecular flexibility index (Phi) is 4.24. The molecule has 0 bridgehead atoms. The lowest BCUT2D eigenvalue weighted by molar-refractivity contribution is 0.442. The topological polar surface area (TPSA) is 53.1 Å². The van der Waals surface area contributed by atoms with Gasteiger partial charge in [0.25, 0.3) is 0 Å². The number of rotatable bonds is 4. The molecule has 1 aromatic rings. The first-order chi connectivity index (χ1) is 8.96. The zero-order valence-corrected chi connectivity index (χ0v) is 12.4. The van der Waals surface area contributed by atoms with Gasteiger partial charge in [0.1, 0.15) is 18.0 Å². The van der Waals surface area contributed by atoms with Gasteiger partial charge >= 0.3 is 0 Å². The van der Waals surface area contributed by atoms with Crippen molar-refractivity contribution in [2.45, 2.75) is 33.2 Å². The van der Waals surface area contributed by atoms with Gasteiger partial charge in [0, 0.05) is 32.2 Å². The molecule has 2 heterocycles. The number of nitrogens with zero attached hydrogens (tertiary/aromatic N) is 3. The van der Waals surface area contributed by atoms with Crippen LogP contribution < -0.4 is 15.5 Å². The second-order valence-electron chi connectivity index (χ2n) is 6.43. The zero-order valence-electron chi connectivity index (χ0n) is 12.4. The van der Waals surface area contributed by atoms with Gasteiger partial charge in [-0.3, -0.25) is 0 Å². The fraction of sp³-hybridized carbons (Fsp3) is 0.714. The van der Waals surface area contributed by atoms with Crippen LogP contribution in [0.5, 0.6) is 0 Å². The van der Waals surface area contributed by atoms with Gasteiger partial charge in [-0.25, -0.2) is 9.97 Å². The minimum Gasteiger partial charge on any atom is -0.369 e. The van der Waals surface area contributed by atoms with Crippen molar-refractivity contribution in [1.82, 2.24) is 15.3 Å². The van der Waals surface area contributed by atoms with Gasteiger partial charge in [0.15, 0.2) is 0 Å². The maximum Gasteiger partial charge on any atom is 0.134 e. The Morgan fingerprint density at radius 3 is 2.84 bits per heavy atom. The van der Waals surface area contributed by atoms with Crippen LogP contribution in [0.2, 0.25) is 0 Å². The summed E-state index contributed by atoms with van der Waals surface area (Å²) in [6, 6.07) is 2.56. The Bertz CT molecular complexity index is 407. The first-order valence-corrected chi connectivity index (χ1v) is 6.95. The smallest absolute Gasteiger partial charge is 0.134 e. The molecule has 1 unspecified atom stereocenters. The van der Waals surface area contributed by atoms with Crippen molar-refractivity contribution in [2.24, 2.45) is 5.41 Å². The fourth-order valence-corrected chi connectivity index (χ4v) is 2.15. The molecule has 5 nitrogen and oxygen atoms in total. The predicted molar refractivity (Wildman–Crippen MR) is 79.7 cm³/mol. The van der Waals surface area contributed by atoms with E-state index in [1.165, 1.54) is 6.42 Å². The minimum absolute atomic E-state index is 0.242. The molecule has 1 aliphatic rings. The molecule has 5 heteroatoms. The van der Waals surface area contributed by atoms with Crippen LogP contribution >= 0.6 is 0 Å². The predicted octanol–water partition coefficient (Wildman–Crippen LogP) is 1.73. The molecule has 2 N–H and O–H groups in total. The number of nitrogens with one attached hydrogen (secondary N) is 2. The summed E-state index contributed by atoms with van der Waals surface area (Å²) in [7, 11) is 2.10. The number of hydrogen-bond acceptors (Lipinski definition) is 5. The lowest BCUT2D eigenvalue weighted by Gasteiger charge is -2.25. The molecule has 106 valence electrons. The lowest BCUT2D eigenvalue weighted by Crippen LogP contribution is -2.34. The van der Waals surface area contributed by atoms with E-state index in [0.717, 1.165) is 31.3 Å². The van der Waals surface area contributed by atoms with Gasteiger partial charge in [-0.2, -0.15) is 0 Å². The highest BCUT2D eigenvalue weighted by atomic mass is 15.2. The quantitative estimate of drug-likeness (QED) is 0.866. The summed E-state index contributed by atoms with van der Waals surface area (Å²) in [5.74, 6) is 1.89. The first-order valence-electron chi connectivity index (χ1n) is 6.95.